The standard InChI is InChI=1S/C15H20N2O2S2/c1-3-16-14(12-7-5-4-6-8-12)9-13-10-20-15(17-13)11-21(2,18)19/h4-8,10,14,16H,3,9,11H2,1-2H3. The molecule has 1 atom stereocenters. The molecule has 0 aliphatic carbocycles. The van der Waals surface area contributed by atoms with Crippen LogP contribution in [0, 0.1) is 0 Å². The van der Waals surface area contributed by atoms with Crippen molar-refractivity contribution in [1.82, 2.24) is 10.3 Å². The Labute approximate surface area is 130 Å². The lowest BCUT2D eigenvalue weighted by atomic mass is 10.0. The number of hydrogen-bond donors (Lipinski definition) is 1. The average Bonchev–Trinajstić information content (AvgIpc) is 2.84. The summed E-state index contributed by atoms with van der Waals surface area (Å²) < 4.78 is 22.6. The molecule has 1 N–H and O–H groups in total. The van der Waals surface area contributed by atoms with Crippen molar-refractivity contribution in [3.05, 3.63) is 52.0 Å². The lowest BCUT2D eigenvalue weighted by Crippen LogP contribution is -2.23. The van der Waals surface area contributed by atoms with Gasteiger partial charge in [-0.15, -0.1) is 11.3 Å². The van der Waals surface area contributed by atoms with Crippen molar-refractivity contribution in [2.75, 3.05) is 12.8 Å². The third kappa shape index (κ3) is 5.22. The Kier molecular flexibility index (Phi) is 5.50. The summed E-state index contributed by atoms with van der Waals surface area (Å²) in [6, 6.07) is 10.4. The van der Waals surface area contributed by atoms with Gasteiger partial charge in [0.2, 0.25) is 0 Å². The van der Waals surface area contributed by atoms with Crippen molar-refractivity contribution >= 4 is 21.2 Å². The van der Waals surface area contributed by atoms with Gasteiger partial charge in [0.05, 0.1) is 5.69 Å². The zero-order valence-corrected chi connectivity index (χ0v) is 13.9. The number of nitrogens with one attached hydrogen (secondary N) is 1. The first-order chi connectivity index (χ1) is 9.98. The van der Waals surface area contributed by atoms with Gasteiger partial charge in [-0.25, -0.2) is 13.4 Å². The first-order valence-electron chi connectivity index (χ1n) is 6.87. The topological polar surface area (TPSA) is 59.1 Å². The van der Waals surface area contributed by atoms with E-state index in [1.165, 1.54) is 23.2 Å². The molecular formula is C15H20N2O2S2. The Morgan fingerprint density at radius 2 is 2.00 bits per heavy atom. The maximum atomic E-state index is 11.3. The van der Waals surface area contributed by atoms with Crippen molar-refractivity contribution in [2.45, 2.75) is 25.1 Å². The van der Waals surface area contributed by atoms with Crippen molar-refractivity contribution < 1.29 is 8.42 Å². The van der Waals surface area contributed by atoms with E-state index in [1.54, 1.807) is 0 Å². The Hall–Kier alpha value is -1.24. The molecule has 0 saturated heterocycles. The Morgan fingerprint density at radius 1 is 1.29 bits per heavy atom. The SMILES string of the molecule is CCNC(Cc1csc(CS(C)(=O)=O)n1)c1ccccc1. The van der Waals surface area contributed by atoms with E-state index in [1.807, 2.05) is 23.6 Å². The van der Waals surface area contributed by atoms with Gasteiger partial charge >= 0.3 is 0 Å². The summed E-state index contributed by atoms with van der Waals surface area (Å²) in [5, 5.41) is 6.07. The van der Waals surface area contributed by atoms with Crippen LogP contribution in [0.25, 0.3) is 0 Å². The maximum absolute atomic E-state index is 11.3. The third-order valence-corrected chi connectivity index (χ3v) is 4.93. The normalized spacial score (nSPS) is 13.2. The number of nitrogens with zero attached hydrogens (tertiary/aromatic N) is 1. The van der Waals surface area contributed by atoms with E-state index in [2.05, 4.69) is 29.4 Å². The average molecular weight is 324 g/mol. The Bertz CT molecular complexity index is 666. The summed E-state index contributed by atoms with van der Waals surface area (Å²) in [4.78, 5) is 4.44. The van der Waals surface area contributed by atoms with E-state index in [0.29, 0.717) is 5.01 Å². The fourth-order valence-electron chi connectivity index (χ4n) is 2.18. The van der Waals surface area contributed by atoms with Gasteiger partial charge in [-0.1, -0.05) is 37.3 Å². The first kappa shape index (κ1) is 16.1. The lowest BCUT2D eigenvalue weighted by Gasteiger charge is -2.17. The minimum atomic E-state index is -3.02. The van der Waals surface area contributed by atoms with Gasteiger partial charge < -0.3 is 5.32 Å². The molecule has 1 aromatic heterocycles. The molecule has 0 fully saturated rings. The monoisotopic (exact) mass is 324 g/mol. The van der Waals surface area contributed by atoms with Crippen molar-refractivity contribution in [2.24, 2.45) is 0 Å². The molecule has 21 heavy (non-hydrogen) atoms. The van der Waals surface area contributed by atoms with E-state index in [4.69, 9.17) is 0 Å². The summed E-state index contributed by atoms with van der Waals surface area (Å²) in [6.07, 6.45) is 2.00. The Balaban J connectivity index is 2.11. The molecule has 2 aromatic rings. The van der Waals surface area contributed by atoms with Gasteiger partial charge in [-0.2, -0.15) is 0 Å². The Morgan fingerprint density at radius 3 is 2.62 bits per heavy atom. The fourth-order valence-corrected chi connectivity index (χ4v) is 4.20. The van der Waals surface area contributed by atoms with Crippen LogP contribution in [-0.4, -0.2) is 26.2 Å². The van der Waals surface area contributed by atoms with Crippen molar-refractivity contribution in [3.8, 4) is 0 Å². The van der Waals surface area contributed by atoms with Crippen LogP contribution in [0.2, 0.25) is 0 Å². The van der Waals surface area contributed by atoms with Gasteiger partial charge in [0.15, 0.2) is 9.84 Å². The summed E-state index contributed by atoms with van der Waals surface area (Å²) in [6.45, 7) is 2.95. The molecular weight excluding hydrogens is 304 g/mol. The third-order valence-electron chi connectivity index (χ3n) is 3.05. The van der Waals surface area contributed by atoms with Crippen LogP contribution in [0.3, 0.4) is 0 Å². The minimum absolute atomic E-state index is 0.0227. The summed E-state index contributed by atoms with van der Waals surface area (Å²) in [5.41, 5.74) is 2.16. The molecule has 4 nitrogen and oxygen atoms in total. The maximum Gasteiger partial charge on any atom is 0.153 e. The van der Waals surface area contributed by atoms with Crippen LogP contribution in [0.15, 0.2) is 35.7 Å². The van der Waals surface area contributed by atoms with Gasteiger partial charge in [-0.05, 0) is 12.1 Å². The second kappa shape index (κ2) is 7.15. The quantitative estimate of drug-likeness (QED) is 0.850. The van der Waals surface area contributed by atoms with Gasteiger partial charge in [0.25, 0.3) is 0 Å². The highest BCUT2D eigenvalue weighted by Gasteiger charge is 2.14. The summed E-state index contributed by atoms with van der Waals surface area (Å²) >= 11 is 1.41. The first-order valence-corrected chi connectivity index (χ1v) is 9.81. The number of thiazole rings is 1. The van der Waals surface area contributed by atoms with Crippen LogP contribution < -0.4 is 5.32 Å². The highest BCUT2D eigenvalue weighted by Crippen LogP contribution is 2.20. The number of benzene rings is 1. The van der Waals surface area contributed by atoms with Crippen LogP contribution in [0.4, 0.5) is 0 Å². The van der Waals surface area contributed by atoms with Crippen LogP contribution in [0.1, 0.15) is 29.2 Å². The van der Waals surface area contributed by atoms with Crippen LogP contribution in [-0.2, 0) is 22.0 Å². The lowest BCUT2D eigenvalue weighted by molar-refractivity contribution is 0.545. The highest BCUT2D eigenvalue weighted by molar-refractivity contribution is 7.90. The number of hydrogen-bond acceptors (Lipinski definition) is 5. The van der Waals surface area contributed by atoms with Crippen LogP contribution in [0.5, 0.6) is 0 Å². The molecule has 0 saturated carbocycles. The van der Waals surface area contributed by atoms with E-state index < -0.39 is 9.84 Å². The second-order valence-electron chi connectivity index (χ2n) is 5.03. The molecule has 0 radical (unpaired) electrons. The van der Waals surface area contributed by atoms with Crippen molar-refractivity contribution in [1.29, 1.82) is 0 Å². The zero-order chi connectivity index (χ0) is 15.3. The molecule has 0 aliphatic rings. The molecule has 0 spiro atoms. The van der Waals surface area contributed by atoms with E-state index in [9.17, 15) is 8.42 Å². The number of sulfone groups is 1. The molecule has 114 valence electrons. The molecule has 2 rings (SSSR count). The second-order valence-corrected chi connectivity index (χ2v) is 8.11. The summed E-state index contributed by atoms with van der Waals surface area (Å²) in [7, 11) is -3.02. The number of likely N-dealkylation sites (N-methyl/N-ethyl adjacent to an activating group) is 1. The number of rotatable bonds is 7. The smallest absolute Gasteiger partial charge is 0.153 e. The largest absolute Gasteiger partial charge is 0.310 e. The molecule has 0 amide bonds. The molecule has 0 bridgehead atoms. The molecule has 1 aromatic carbocycles. The predicted octanol–water partition coefficient (Wildman–Crippen LogP) is 2.58. The molecule has 6 heteroatoms. The highest BCUT2D eigenvalue weighted by atomic mass is 32.2. The molecule has 1 unspecified atom stereocenters. The predicted molar refractivity (Wildman–Crippen MR) is 87.2 cm³/mol. The summed E-state index contributed by atoms with van der Waals surface area (Å²) in [5.74, 6) is 0.0227. The van der Waals surface area contributed by atoms with Gasteiger partial charge in [-0.3, -0.25) is 0 Å². The van der Waals surface area contributed by atoms with E-state index in [-0.39, 0.29) is 11.8 Å². The molecule has 1 heterocycles. The van der Waals surface area contributed by atoms with E-state index >= 15 is 0 Å². The zero-order valence-electron chi connectivity index (χ0n) is 12.2. The van der Waals surface area contributed by atoms with Crippen molar-refractivity contribution in [3.63, 3.8) is 0 Å². The van der Waals surface area contributed by atoms with Gasteiger partial charge in [0.1, 0.15) is 10.8 Å². The van der Waals surface area contributed by atoms with Gasteiger partial charge in [0, 0.05) is 24.1 Å². The molecule has 0 aliphatic heterocycles. The minimum Gasteiger partial charge on any atom is -0.310 e. The van der Waals surface area contributed by atoms with Crippen LogP contribution >= 0.6 is 11.3 Å². The van der Waals surface area contributed by atoms with E-state index in [0.717, 1.165) is 18.7 Å². The number of aromatic nitrogens is 1. The fraction of sp³-hybridized carbons (Fsp3) is 0.400.